The Balaban J connectivity index is 1.55. The zero-order chi connectivity index (χ0) is 25.0. The molecule has 2 aliphatic heterocycles. The Morgan fingerprint density at radius 1 is 1.20 bits per heavy atom. The number of carbonyl (C=O) groups excluding carboxylic acids is 1. The van der Waals surface area contributed by atoms with E-state index < -0.39 is 5.60 Å². The van der Waals surface area contributed by atoms with Gasteiger partial charge >= 0.3 is 6.09 Å². The number of piperazine rings is 1. The van der Waals surface area contributed by atoms with E-state index in [1.54, 1.807) is 16.7 Å². The maximum Gasteiger partial charge on any atom is 0.410 e. The third-order valence-corrected chi connectivity index (χ3v) is 6.79. The van der Waals surface area contributed by atoms with Crippen LogP contribution in [0.4, 0.5) is 10.6 Å². The number of thioether (sulfide) groups is 1. The van der Waals surface area contributed by atoms with Gasteiger partial charge in [-0.3, -0.25) is 9.80 Å². The van der Waals surface area contributed by atoms with Crippen LogP contribution < -0.4 is 4.90 Å². The van der Waals surface area contributed by atoms with E-state index in [1.165, 1.54) is 11.1 Å². The molecule has 9 heteroatoms. The summed E-state index contributed by atoms with van der Waals surface area (Å²) in [7, 11) is 0. The van der Waals surface area contributed by atoms with Crippen molar-refractivity contribution in [3.05, 3.63) is 58.6 Å². The van der Waals surface area contributed by atoms with Crippen molar-refractivity contribution in [2.75, 3.05) is 43.9 Å². The number of aromatic nitrogens is 2. The lowest BCUT2D eigenvalue weighted by Gasteiger charge is -2.41. The molecule has 0 spiro atoms. The second kappa shape index (κ2) is 10.8. The highest BCUT2D eigenvalue weighted by molar-refractivity contribution is 7.98. The largest absolute Gasteiger partial charge is 0.444 e. The number of carbonyl (C=O) groups is 1. The first kappa shape index (κ1) is 25.3. The maximum atomic E-state index is 12.8. The summed E-state index contributed by atoms with van der Waals surface area (Å²) in [6.45, 7) is 17.6. The SMILES string of the molecule is [C-]#[N+]C[C@H]1CN(c2nc(SC)nc3c2CCN(Cc2ccccc2)C3)CCN1C(=O)OC(C)(C)C. The van der Waals surface area contributed by atoms with E-state index in [-0.39, 0.29) is 18.7 Å². The highest BCUT2D eigenvalue weighted by Crippen LogP contribution is 2.31. The monoisotopic (exact) mass is 494 g/mol. The van der Waals surface area contributed by atoms with Gasteiger partial charge in [0.2, 0.25) is 6.54 Å². The third-order valence-electron chi connectivity index (χ3n) is 6.25. The van der Waals surface area contributed by atoms with Gasteiger partial charge < -0.3 is 14.5 Å². The van der Waals surface area contributed by atoms with Gasteiger partial charge in [0.05, 0.1) is 5.69 Å². The number of fused-ring (bicyclic) bond motifs is 1. The van der Waals surface area contributed by atoms with Gasteiger partial charge in [-0.15, -0.1) is 0 Å². The van der Waals surface area contributed by atoms with Crippen LogP contribution in [0.25, 0.3) is 4.85 Å². The number of ether oxygens (including phenoxy) is 1. The summed E-state index contributed by atoms with van der Waals surface area (Å²) in [4.78, 5) is 32.6. The summed E-state index contributed by atoms with van der Waals surface area (Å²) < 4.78 is 5.61. The molecule has 0 saturated carbocycles. The lowest BCUT2D eigenvalue weighted by Crippen LogP contribution is -2.57. The summed E-state index contributed by atoms with van der Waals surface area (Å²) in [6.07, 6.45) is 2.53. The van der Waals surface area contributed by atoms with Gasteiger partial charge in [-0.25, -0.2) is 21.3 Å². The Labute approximate surface area is 212 Å². The molecule has 1 atom stereocenters. The second-order valence-corrected chi connectivity index (χ2v) is 10.8. The van der Waals surface area contributed by atoms with Crippen LogP contribution in [0.2, 0.25) is 0 Å². The minimum atomic E-state index is -0.568. The van der Waals surface area contributed by atoms with Crippen LogP contribution in [0.3, 0.4) is 0 Å². The number of hydrogen-bond acceptors (Lipinski definition) is 7. The second-order valence-electron chi connectivity index (χ2n) is 10.0. The molecule has 35 heavy (non-hydrogen) atoms. The number of benzene rings is 1. The van der Waals surface area contributed by atoms with Gasteiger partial charge in [0.25, 0.3) is 0 Å². The Kier molecular flexibility index (Phi) is 7.82. The molecule has 0 bridgehead atoms. The molecular weight excluding hydrogens is 460 g/mol. The van der Waals surface area contributed by atoms with Crippen molar-refractivity contribution in [1.29, 1.82) is 0 Å². The van der Waals surface area contributed by atoms with Crippen LogP contribution >= 0.6 is 11.8 Å². The highest BCUT2D eigenvalue weighted by atomic mass is 32.2. The zero-order valence-corrected chi connectivity index (χ0v) is 21.8. The quantitative estimate of drug-likeness (QED) is 0.352. The molecule has 186 valence electrons. The standard InChI is InChI=1S/C26H34N6O2S/c1-26(2,3)34-25(33)32-14-13-31(17-20(32)15-27-4)23-21-11-12-30(16-19-9-7-6-8-10-19)18-22(21)28-24(29-23)35-5/h6-10,20H,11-18H2,1-3,5H3/t20-/m0/s1. The smallest absolute Gasteiger partial charge is 0.410 e. The van der Waals surface area contributed by atoms with Crippen LogP contribution in [-0.4, -0.2) is 76.5 Å². The minimum Gasteiger partial charge on any atom is -0.444 e. The van der Waals surface area contributed by atoms with Crippen molar-refractivity contribution in [3.8, 4) is 0 Å². The maximum absolute atomic E-state index is 12.8. The lowest BCUT2D eigenvalue weighted by molar-refractivity contribution is 0.0155. The predicted molar refractivity (Wildman–Crippen MR) is 138 cm³/mol. The molecule has 0 unspecified atom stereocenters. The van der Waals surface area contributed by atoms with Crippen LogP contribution in [0.15, 0.2) is 35.5 Å². The first-order valence-electron chi connectivity index (χ1n) is 12.0. The Bertz CT molecular complexity index is 1080. The number of amides is 1. The van der Waals surface area contributed by atoms with E-state index >= 15 is 0 Å². The van der Waals surface area contributed by atoms with Gasteiger partial charge in [0, 0.05) is 44.8 Å². The molecule has 1 aromatic heterocycles. The molecule has 3 heterocycles. The molecule has 1 saturated heterocycles. The zero-order valence-electron chi connectivity index (χ0n) is 21.0. The first-order chi connectivity index (χ1) is 16.8. The average Bonchev–Trinajstić information content (AvgIpc) is 2.83. The fraction of sp³-hybridized carbons (Fsp3) is 0.538. The van der Waals surface area contributed by atoms with Crippen molar-refractivity contribution >= 4 is 23.7 Å². The number of anilines is 1. The summed E-state index contributed by atoms with van der Waals surface area (Å²) in [6, 6.07) is 10.3. The molecule has 0 aliphatic carbocycles. The van der Waals surface area contributed by atoms with E-state index in [2.05, 4.69) is 38.9 Å². The Morgan fingerprint density at radius 3 is 2.66 bits per heavy atom. The molecule has 8 nitrogen and oxygen atoms in total. The van der Waals surface area contributed by atoms with Crippen molar-refractivity contribution in [3.63, 3.8) is 0 Å². The first-order valence-corrected chi connectivity index (χ1v) is 13.3. The molecule has 2 aliphatic rings. The van der Waals surface area contributed by atoms with Crippen LogP contribution in [0.5, 0.6) is 0 Å². The Morgan fingerprint density at radius 2 is 1.97 bits per heavy atom. The summed E-state index contributed by atoms with van der Waals surface area (Å²) in [5.41, 5.74) is 3.01. The van der Waals surface area contributed by atoms with Crippen molar-refractivity contribution < 1.29 is 9.53 Å². The van der Waals surface area contributed by atoms with E-state index in [0.29, 0.717) is 19.6 Å². The van der Waals surface area contributed by atoms with Crippen LogP contribution in [0.1, 0.15) is 37.6 Å². The molecular formula is C26H34N6O2S. The number of rotatable bonds is 5. The Hall–Kier alpha value is -2.83. The molecule has 1 amide bonds. The fourth-order valence-electron chi connectivity index (χ4n) is 4.64. The number of nitrogens with zero attached hydrogens (tertiary/aromatic N) is 6. The van der Waals surface area contributed by atoms with Gasteiger partial charge in [-0.1, -0.05) is 42.1 Å². The predicted octanol–water partition coefficient (Wildman–Crippen LogP) is 4.10. The van der Waals surface area contributed by atoms with Crippen LogP contribution in [0, 0.1) is 6.57 Å². The van der Waals surface area contributed by atoms with Crippen LogP contribution in [-0.2, 0) is 24.2 Å². The van der Waals surface area contributed by atoms with E-state index in [1.807, 2.05) is 33.1 Å². The van der Waals surface area contributed by atoms with E-state index in [4.69, 9.17) is 21.3 Å². The summed E-state index contributed by atoms with van der Waals surface area (Å²) in [5.74, 6) is 0.956. The van der Waals surface area contributed by atoms with Crippen molar-refractivity contribution in [1.82, 2.24) is 19.8 Å². The molecule has 1 aromatic carbocycles. The summed E-state index contributed by atoms with van der Waals surface area (Å²) in [5, 5.41) is 0.761. The molecule has 0 N–H and O–H groups in total. The number of hydrogen-bond donors (Lipinski definition) is 0. The normalized spacial score (nSPS) is 18.7. The topological polar surface area (TPSA) is 66.2 Å². The molecule has 1 fully saturated rings. The van der Waals surface area contributed by atoms with Gasteiger partial charge in [-0.05, 0) is 39.0 Å². The van der Waals surface area contributed by atoms with Gasteiger partial charge in [0.15, 0.2) is 5.16 Å². The highest BCUT2D eigenvalue weighted by Gasteiger charge is 2.37. The summed E-state index contributed by atoms with van der Waals surface area (Å²) >= 11 is 1.55. The molecule has 2 aromatic rings. The average molecular weight is 495 g/mol. The molecule has 4 rings (SSSR count). The molecule has 0 radical (unpaired) electrons. The third kappa shape index (κ3) is 6.24. The van der Waals surface area contributed by atoms with E-state index in [9.17, 15) is 4.79 Å². The van der Waals surface area contributed by atoms with Gasteiger partial charge in [-0.2, -0.15) is 0 Å². The minimum absolute atomic E-state index is 0.238. The fourth-order valence-corrected chi connectivity index (χ4v) is 5.02. The van der Waals surface area contributed by atoms with E-state index in [0.717, 1.165) is 42.7 Å². The van der Waals surface area contributed by atoms with Crippen molar-refractivity contribution in [2.45, 2.75) is 57.1 Å². The lowest BCUT2D eigenvalue weighted by atomic mass is 10.0. The van der Waals surface area contributed by atoms with Gasteiger partial charge in [0.1, 0.15) is 17.5 Å². The van der Waals surface area contributed by atoms with Crippen molar-refractivity contribution in [2.24, 2.45) is 0 Å².